The molecule has 1 aliphatic rings. The smallest absolute Gasteiger partial charge is 0.230 e. The summed E-state index contributed by atoms with van der Waals surface area (Å²) in [6.45, 7) is 3.22. The summed E-state index contributed by atoms with van der Waals surface area (Å²) in [6.07, 6.45) is 3.95. The van der Waals surface area contributed by atoms with Crippen molar-refractivity contribution in [2.24, 2.45) is 0 Å². The molecule has 1 amide bonds. The summed E-state index contributed by atoms with van der Waals surface area (Å²) >= 11 is 1.35. The van der Waals surface area contributed by atoms with E-state index in [1.54, 1.807) is 18.0 Å². The highest BCUT2D eigenvalue weighted by molar-refractivity contribution is 8.00. The highest BCUT2D eigenvalue weighted by Gasteiger charge is 2.19. The predicted octanol–water partition coefficient (Wildman–Crippen LogP) is 2.52. The normalized spacial score (nSPS) is 16.3. The minimum absolute atomic E-state index is 0.0515. The number of amides is 1. The second-order valence-electron chi connectivity index (χ2n) is 6.81. The Morgan fingerprint density at radius 3 is 3.03 bits per heavy atom. The summed E-state index contributed by atoms with van der Waals surface area (Å²) < 4.78 is 12.8. The van der Waals surface area contributed by atoms with Crippen LogP contribution >= 0.6 is 11.8 Å². The van der Waals surface area contributed by atoms with Crippen molar-refractivity contribution in [1.29, 1.82) is 0 Å². The van der Waals surface area contributed by atoms with Crippen LogP contribution in [0.2, 0.25) is 0 Å². The first kappa shape index (κ1) is 19.7. The van der Waals surface area contributed by atoms with Crippen LogP contribution in [0, 0.1) is 6.92 Å². The second-order valence-corrected chi connectivity index (χ2v) is 7.77. The maximum absolute atomic E-state index is 12.3. The fourth-order valence-corrected chi connectivity index (χ4v) is 4.14. The first-order valence-corrected chi connectivity index (χ1v) is 10.5. The molecule has 1 aliphatic heterocycles. The van der Waals surface area contributed by atoms with E-state index in [0.717, 1.165) is 41.7 Å². The molecule has 1 atom stereocenters. The van der Waals surface area contributed by atoms with Gasteiger partial charge in [-0.25, -0.2) is 4.68 Å². The fourth-order valence-electron chi connectivity index (χ4n) is 3.34. The molecule has 1 saturated heterocycles. The van der Waals surface area contributed by atoms with E-state index in [4.69, 9.17) is 9.47 Å². The van der Waals surface area contributed by atoms with Gasteiger partial charge in [0.2, 0.25) is 5.91 Å². The van der Waals surface area contributed by atoms with Crippen LogP contribution in [0.15, 0.2) is 35.5 Å². The molecule has 9 heteroatoms. The lowest BCUT2D eigenvalue weighted by Gasteiger charge is -2.12. The lowest BCUT2D eigenvalue weighted by Crippen LogP contribution is -2.32. The number of carbonyl (C=O) groups excluding carboxylic acids is 1. The molecule has 0 saturated carbocycles. The number of methoxy groups -OCH3 is 1. The molecule has 29 heavy (non-hydrogen) atoms. The third kappa shape index (κ3) is 4.20. The number of carbonyl (C=O) groups is 1. The number of nitrogens with one attached hydrogen (secondary N) is 1. The van der Waals surface area contributed by atoms with Crippen LogP contribution in [-0.2, 0) is 9.53 Å². The van der Waals surface area contributed by atoms with Gasteiger partial charge < -0.3 is 14.8 Å². The quantitative estimate of drug-likeness (QED) is 0.595. The Balaban J connectivity index is 1.57. The zero-order valence-electron chi connectivity index (χ0n) is 16.4. The second kappa shape index (κ2) is 8.79. The van der Waals surface area contributed by atoms with E-state index >= 15 is 0 Å². The maximum Gasteiger partial charge on any atom is 0.230 e. The van der Waals surface area contributed by atoms with Gasteiger partial charge >= 0.3 is 0 Å². The average molecular weight is 414 g/mol. The van der Waals surface area contributed by atoms with E-state index in [-0.39, 0.29) is 17.8 Å². The molecule has 1 fully saturated rings. The molecule has 0 radical (unpaired) electrons. The van der Waals surface area contributed by atoms with Crippen molar-refractivity contribution in [3.63, 3.8) is 0 Å². The molecule has 4 rings (SSSR count). The molecule has 0 spiro atoms. The van der Waals surface area contributed by atoms with E-state index in [1.807, 2.05) is 31.2 Å². The Morgan fingerprint density at radius 2 is 2.24 bits per heavy atom. The summed E-state index contributed by atoms with van der Waals surface area (Å²) in [4.78, 5) is 12.3. The van der Waals surface area contributed by atoms with Crippen molar-refractivity contribution < 1.29 is 14.3 Å². The zero-order valence-corrected chi connectivity index (χ0v) is 17.2. The van der Waals surface area contributed by atoms with E-state index < -0.39 is 0 Å². The molecular weight excluding hydrogens is 390 g/mol. The largest absolute Gasteiger partial charge is 0.494 e. The van der Waals surface area contributed by atoms with Gasteiger partial charge in [-0.2, -0.15) is 10.2 Å². The number of hydrogen-bond donors (Lipinski definition) is 1. The third-order valence-corrected chi connectivity index (χ3v) is 5.81. The van der Waals surface area contributed by atoms with Crippen molar-refractivity contribution in [2.75, 3.05) is 26.0 Å². The highest BCUT2D eigenvalue weighted by atomic mass is 32.2. The summed E-state index contributed by atoms with van der Waals surface area (Å²) in [5, 5.41) is 17.6. The molecule has 3 heterocycles. The van der Waals surface area contributed by atoms with Crippen molar-refractivity contribution in [3.8, 4) is 11.4 Å². The maximum atomic E-state index is 12.3. The topological polar surface area (TPSA) is 91.2 Å². The molecule has 0 aliphatic carbocycles. The Labute approximate surface area is 173 Å². The molecule has 1 aromatic carbocycles. The van der Waals surface area contributed by atoms with Crippen molar-refractivity contribution in [3.05, 3.63) is 36.2 Å². The third-order valence-electron chi connectivity index (χ3n) is 4.86. The number of benzene rings is 1. The van der Waals surface area contributed by atoms with Crippen LogP contribution in [0.3, 0.4) is 0 Å². The van der Waals surface area contributed by atoms with Gasteiger partial charge in [0.15, 0.2) is 0 Å². The SMILES string of the molecule is COc1ccccc1-n1ncc2c(C)nnc(SCC(=O)NC[C@@H]3CCCO3)c21. The summed E-state index contributed by atoms with van der Waals surface area (Å²) in [5.74, 6) is 0.901. The van der Waals surface area contributed by atoms with Crippen molar-refractivity contribution >= 4 is 28.6 Å². The first-order chi connectivity index (χ1) is 14.2. The Kier molecular flexibility index (Phi) is 5.96. The molecule has 152 valence electrons. The highest BCUT2D eigenvalue weighted by Crippen LogP contribution is 2.31. The molecule has 2 aromatic heterocycles. The van der Waals surface area contributed by atoms with Crippen LogP contribution in [0.1, 0.15) is 18.5 Å². The number of hydrogen-bond acceptors (Lipinski definition) is 7. The standard InChI is InChI=1S/C20H23N5O3S/c1-13-15-11-22-25(16-7-3-4-8-17(16)27-2)19(15)20(24-23-13)29-12-18(26)21-10-14-6-5-9-28-14/h3-4,7-8,11,14H,5-6,9-10,12H2,1-2H3,(H,21,26)/t14-/m0/s1. The van der Waals surface area contributed by atoms with Gasteiger partial charge in [0.05, 0.1) is 30.9 Å². The molecular formula is C20H23N5O3S. The van der Waals surface area contributed by atoms with E-state index in [9.17, 15) is 4.79 Å². The number of rotatable bonds is 7. The molecule has 0 bridgehead atoms. The number of para-hydroxylation sites is 2. The number of nitrogens with zero attached hydrogens (tertiary/aromatic N) is 4. The summed E-state index contributed by atoms with van der Waals surface area (Å²) in [7, 11) is 1.63. The van der Waals surface area contributed by atoms with Gasteiger partial charge in [0.25, 0.3) is 0 Å². The minimum Gasteiger partial charge on any atom is -0.494 e. The van der Waals surface area contributed by atoms with Gasteiger partial charge in [-0.1, -0.05) is 23.9 Å². The summed E-state index contributed by atoms with van der Waals surface area (Å²) in [6, 6.07) is 7.66. The van der Waals surface area contributed by atoms with Crippen LogP contribution < -0.4 is 10.1 Å². The average Bonchev–Trinajstić information content (AvgIpc) is 3.42. The van der Waals surface area contributed by atoms with Crippen LogP contribution in [0.25, 0.3) is 16.6 Å². The number of fused-ring (bicyclic) bond motifs is 1. The Bertz CT molecular complexity index is 1020. The van der Waals surface area contributed by atoms with Gasteiger partial charge in [-0.15, -0.1) is 5.10 Å². The van der Waals surface area contributed by atoms with E-state index in [1.165, 1.54) is 11.8 Å². The van der Waals surface area contributed by atoms with Gasteiger partial charge in [0.1, 0.15) is 22.0 Å². The van der Waals surface area contributed by atoms with Gasteiger partial charge in [-0.05, 0) is 31.9 Å². The van der Waals surface area contributed by atoms with Crippen LogP contribution in [-0.4, -0.2) is 58.0 Å². The molecule has 8 nitrogen and oxygen atoms in total. The Morgan fingerprint density at radius 1 is 1.38 bits per heavy atom. The van der Waals surface area contributed by atoms with Gasteiger partial charge in [0, 0.05) is 18.5 Å². The molecule has 3 aromatic rings. The van der Waals surface area contributed by atoms with E-state index in [2.05, 4.69) is 20.6 Å². The number of thioether (sulfide) groups is 1. The number of aryl methyl sites for hydroxylation is 1. The van der Waals surface area contributed by atoms with Gasteiger partial charge in [-0.3, -0.25) is 4.79 Å². The number of aromatic nitrogens is 4. The van der Waals surface area contributed by atoms with Crippen molar-refractivity contribution in [2.45, 2.75) is 30.9 Å². The Hall–Kier alpha value is -2.65. The fraction of sp³-hybridized carbons (Fsp3) is 0.400. The zero-order chi connectivity index (χ0) is 20.2. The first-order valence-electron chi connectivity index (χ1n) is 9.53. The predicted molar refractivity (Wildman–Crippen MR) is 111 cm³/mol. The van der Waals surface area contributed by atoms with Crippen molar-refractivity contribution in [1.82, 2.24) is 25.3 Å². The molecule has 1 N–H and O–H groups in total. The lowest BCUT2D eigenvalue weighted by molar-refractivity contribution is -0.119. The van der Waals surface area contributed by atoms with Crippen LogP contribution in [0.4, 0.5) is 0 Å². The molecule has 0 unspecified atom stereocenters. The van der Waals surface area contributed by atoms with Crippen LogP contribution in [0.5, 0.6) is 5.75 Å². The van der Waals surface area contributed by atoms with E-state index in [0.29, 0.717) is 17.3 Å². The monoisotopic (exact) mass is 413 g/mol. The summed E-state index contributed by atoms with van der Waals surface area (Å²) in [5.41, 5.74) is 2.41. The minimum atomic E-state index is -0.0515. The lowest BCUT2D eigenvalue weighted by atomic mass is 10.2. The number of ether oxygens (including phenoxy) is 2.